The number of quaternary nitrogens is 1. The van der Waals surface area contributed by atoms with Gasteiger partial charge in [-0.25, -0.2) is 0 Å². The van der Waals surface area contributed by atoms with Gasteiger partial charge in [0.2, 0.25) is 0 Å². The molecule has 9 nitrogen and oxygen atoms in total. The van der Waals surface area contributed by atoms with Crippen LogP contribution in [0.25, 0.3) is 0 Å². The van der Waals surface area contributed by atoms with Crippen molar-refractivity contribution in [3.63, 3.8) is 0 Å². The molecule has 0 heterocycles. The van der Waals surface area contributed by atoms with Crippen molar-refractivity contribution in [1.29, 1.82) is 0 Å². The maximum Gasteiger partial charge on any atom is 0.306 e. The molecule has 0 aliphatic heterocycles. The van der Waals surface area contributed by atoms with Crippen LogP contribution in [-0.2, 0) is 32.7 Å². The quantitative estimate of drug-likeness (QED) is 0.0195. The fraction of sp³-hybridized carbons (Fsp3) is 0.789. The first kappa shape index (κ1) is 83.2. The maximum atomic E-state index is 12.9. The number of hydrogen-bond donors (Lipinski definition) is 0. The fourth-order valence-corrected chi connectivity index (χ4v) is 11.1. The molecule has 0 radical (unpaired) electrons. The Kier molecular flexibility index (Phi) is 64.4. The number of likely N-dealkylation sites (N-methyl/N-ethyl adjacent to an activating group) is 1. The van der Waals surface area contributed by atoms with Gasteiger partial charge in [0, 0.05) is 12.8 Å². The molecule has 0 aliphatic rings. The second kappa shape index (κ2) is 66.6. The highest BCUT2D eigenvalue weighted by atomic mass is 31.2. The van der Waals surface area contributed by atoms with Gasteiger partial charge in [0.25, 0.3) is 7.82 Å². The van der Waals surface area contributed by atoms with Crippen molar-refractivity contribution < 1.29 is 42.1 Å². The Morgan fingerprint density at radius 1 is 0.372 bits per heavy atom. The van der Waals surface area contributed by atoms with Gasteiger partial charge in [0.1, 0.15) is 19.8 Å². The van der Waals surface area contributed by atoms with Gasteiger partial charge in [0.15, 0.2) is 6.10 Å². The number of phosphoric acid groups is 1. The summed E-state index contributed by atoms with van der Waals surface area (Å²) in [7, 11) is 1.17. The van der Waals surface area contributed by atoms with Crippen LogP contribution in [0.5, 0.6) is 0 Å². The Bertz CT molecular complexity index is 1730. The van der Waals surface area contributed by atoms with Crippen molar-refractivity contribution in [3.8, 4) is 0 Å². The normalized spacial score (nSPS) is 13.6. The minimum atomic E-state index is -4.65. The van der Waals surface area contributed by atoms with Crippen molar-refractivity contribution in [3.05, 3.63) is 85.1 Å². The van der Waals surface area contributed by atoms with E-state index in [1.165, 1.54) is 212 Å². The highest BCUT2D eigenvalue weighted by molar-refractivity contribution is 7.45. The van der Waals surface area contributed by atoms with Crippen LogP contribution < -0.4 is 4.89 Å². The summed E-state index contributed by atoms with van der Waals surface area (Å²) < 4.78 is 34.3. The molecule has 0 aromatic rings. The first-order valence-corrected chi connectivity index (χ1v) is 37.8. The summed E-state index contributed by atoms with van der Waals surface area (Å²) in [6.45, 7) is 4.15. The molecule has 2 unspecified atom stereocenters. The predicted octanol–water partition coefficient (Wildman–Crippen LogP) is 23.1. The second-order valence-corrected chi connectivity index (χ2v) is 27.0. The van der Waals surface area contributed by atoms with Crippen LogP contribution in [0.2, 0.25) is 0 Å². The lowest BCUT2D eigenvalue weighted by atomic mass is 10.0. The number of rotatable bonds is 67. The van der Waals surface area contributed by atoms with Crippen molar-refractivity contribution >= 4 is 19.8 Å². The molecule has 0 fully saturated rings. The van der Waals surface area contributed by atoms with Gasteiger partial charge >= 0.3 is 11.9 Å². The molecule has 0 aromatic heterocycles. The zero-order valence-corrected chi connectivity index (χ0v) is 57.9. The van der Waals surface area contributed by atoms with Gasteiger partial charge in [-0.05, 0) is 89.9 Å². The van der Waals surface area contributed by atoms with Crippen LogP contribution >= 0.6 is 7.82 Å². The van der Waals surface area contributed by atoms with Crippen LogP contribution in [0.4, 0.5) is 0 Å². The second-order valence-electron chi connectivity index (χ2n) is 25.6. The van der Waals surface area contributed by atoms with Crippen LogP contribution in [0.15, 0.2) is 85.1 Å². The first-order valence-electron chi connectivity index (χ1n) is 36.3. The number of carbonyl (C=O) groups is 2. The van der Waals surface area contributed by atoms with E-state index in [4.69, 9.17) is 18.5 Å². The Hall–Kier alpha value is -2.81. The van der Waals surface area contributed by atoms with Gasteiger partial charge in [-0.3, -0.25) is 14.2 Å². The highest BCUT2D eigenvalue weighted by Crippen LogP contribution is 2.38. The standard InChI is InChI=1S/C76H138NO8P/c1-6-8-10-12-14-16-18-20-22-24-26-28-30-31-32-33-34-35-36-37-38-39-40-41-42-43-44-45-47-49-51-53-55-57-59-61-63-65-67-69-76(79)85-74(73-84-86(80,81)83-71-70-77(3,4)5)72-82-75(78)68-66-64-62-60-58-56-54-52-50-48-46-29-27-25-23-21-19-17-15-13-11-9-7-2/h8,10,14,16,19-22,25-28,46,48,74H,6-7,9,11-13,15,17-18,23-24,29-45,47,49-73H2,1-5H3/b10-8-,16-14-,21-19-,22-20-,27-25-,28-26-,48-46-. The average Bonchev–Trinajstić information content (AvgIpc) is 3.56. The molecule has 0 saturated heterocycles. The molecule has 10 heteroatoms. The Labute approximate surface area is 532 Å². The van der Waals surface area contributed by atoms with E-state index in [1.807, 2.05) is 21.1 Å². The smallest absolute Gasteiger partial charge is 0.306 e. The van der Waals surface area contributed by atoms with Crippen molar-refractivity contribution in [1.82, 2.24) is 0 Å². The van der Waals surface area contributed by atoms with E-state index in [0.29, 0.717) is 17.4 Å². The van der Waals surface area contributed by atoms with E-state index in [-0.39, 0.29) is 32.0 Å². The maximum absolute atomic E-state index is 12.9. The molecule has 2 atom stereocenters. The van der Waals surface area contributed by atoms with Crippen LogP contribution in [-0.4, -0.2) is 70.0 Å². The number of esters is 2. The molecule has 0 spiro atoms. The van der Waals surface area contributed by atoms with E-state index in [1.54, 1.807) is 0 Å². The van der Waals surface area contributed by atoms with Gasteiger partial charge < -0.3 is 27.9 Å². The van der Waals surface area contributed by atoms with Crippen LogP contribution in [0.3, 0.4) is 0 Å². The molecular formula is C76H138NO8P. The number of allylic oxidation sites excluding steroid dienone is 14. The first-order chi connectivity index (χ1) is 42.0. The number of carbonyl (C=O) groups excluding carboxylic acids is 2. The van der Waals surface area contributed by atoms with Crippen LogP contribution in [0, 0.1) is 0 Å². The highest BCUT2D eigenvalue weighted by Gasteiger charge is 2.22. The van der Waals surface area contributed by atoms with Gasteiger partial charge in [-0.2, -0.15) is 0 Å². The Balaban J connectivity index is 3.95. The Morgan fingerprint density at radius 2 is 0.663 bits per heavy atom. The largest absolute Gasteiger partial charge is 0.756 e. The molecule has 500 valence electrons. The van der Waals surface area contributed by atoms with E-state index < -0.39 is 26.5 Å². The molecule has 0 N–H and O–H groups in total. The predicted molar refractivity (Wildman–Crippen MR) is 369 cm³/mol. The molecule has 0 saturated carbocycles. The van der Waals surface area contributed by atoms with Gasteiger partial charge in [-0.1, -0.05) is 317 Å². The van der Waals surface area contributed by atoms with Crippen molar-refractivity contribution in [2.45, 2.75) is 341 Å². The van der Waals surface area contributed by atoms with E-state index >= 15 is 0 Å². The average molecular weight is 1220 g/mol. The lowest BCUT2D eigenvalue weighted by Crippen LogP contribution is -2.37. The molecule has 86 heavy (non-hydrogen) atoms. The number of unbranched alkanes of at least 4 members (excludes halogenated alkanes) is 39. The lowest BCUT2D eigenvalue weighted by Gasteiger charge is -2.28. The number of hydrogen-bond acceptors (Lipinski definition) is 8. The molecule has 0 aromatic carbocycles. The van der Waals surface area contributed by atoms with Gasteiger partial charge in [-0.15, -0.1) is 0 Å². The third-order valence-electron chi connectivity index (χ3n) is 15.9. The van der Waals surface area contributed by atoms with Gasteiger partial charge in [0.05, 0.1) is 27.7 Å². The molecule has 0 rings (SSSR count). The summed E-state index contributed by atoms with van der Waals surface area (Å²) >= 11 is 0. The zero-order chi connectivity index (χ0) is 62.6. The third-order valence-corrected chi connectivity index (χ3v) is 16.9. The molecule has 0 amide bonds. The minimum absolute atomic E-state index is 0.0327. The summed E-state index contributed by atoms with van der Waals surface area (Å²) in [5.74, 6) is -0.829. The number of phosphoric ester groups is 1. The van der Waals surface area contributed by atoms with Crippen LogP contribution in [0.1, 0.15) is 335 Å². The molecular weight excluding hydrogens is 1090 g/mol. The summed E-state index contributed by atoms with van der Waals surface area (Å²) in [6, 6.07) is 0. The van der Waals surface area contributed by atoms with E-state index in [9.17, 15) is 19.0 Å². The summed E-state index contributed by atoms with van der Waals surface area (Å²) in [6.07, 6.45) is 91.1. The third kappa shape index (κ3) is 70.3. The molecule has 0 aliphatic carbocycles. The fourth-order valence-electron chi connectivity index (χ4n) is 10.4. The van der Waals surface area contributed by atoms with E-state index in [0.717, 1.165) is 89.9 Å². The Morgan fingerprint density at radius 3 is 0.988 bits per heavy atom. The monoisotopic (exact) mass is 1220 g/mol. The summed E-state index contributed by atoms with van der Waals surface area (Å²) in [5.41, 5.74) is 0. The SMILES string of the molecule is CC/C=C\C/C=C\C/C=C\C/C=C\CCCCCCCCCCCCCCCCCCCCCCCCCCCCC(=O)OC(COC(=O)CCCCCCCCCC/C=C\C/C=C\C/C=C\CCCCCCC)COP(=O)([O-])OCC[N+](C)(C)C. The topological polar surface area (TPSA) is 111 Å². The van der Waals surface area contributed by atoms with Crippen molar-refractivity contribution in [2.24, 2.45) is 0 Å². The number of nitrogens with zero attached hydrogens (tertiary/aromatic N) is 1. The minimum Gasteiger partial charge on any atom is -0.756 e. The summed E-state index contributed by atoms with van der Waals surface area (Å²) in [5, 5.41) is 0. The van der Waals surface area contributed by atoms with E-state index in [2.05, 4.69) is 98.9 Å². The lowest BCUT2D eigenvalue weighted by molar-refractivity contribution is -0.870. The summed E-state index contributed by atoms with van der Waals surface area (Å²) in [4.78, 5) is 38.1. The molecule has 0 bridgehead atoms. The number of ether oxygens (including phenoxy) is 2. The van der Waals surface area contributed by atoms with Crippen molar-refractivity contribution in [2.75, 3.05) is 47.5 Å². The zero-order valence-electron chi connectivity index (χ0n) is 57.0.